The molecule has 0 N–H and O–H groups in total. The Hall–Kier alpha value is -3.23. The number of ether oxygens (including phenoxy) is 2. The summed E-state index contributed by atoms with van der Waals surface area (Å²) in [4.78, 5) is 11.4. The van der Waals surface area contributed by atoms with Crippen molar-refractivity contribution >= 4 is 15.8 Å². The van der Waals surface area contributed by atoms with Crippen molar-refractivity contribution in [3.8, 4) is 11.5 Å². The lowest BCUT2D eigenvalue weighted by Gasteiger charge is -2.23. The summed E-state index contributed by atoms with van der Waals surface area (Å²) in [5, 5.41) is 0. The quantitative estimate of drug-likeness (QED) is 0.463. The minimum absolute atomic E-state index is 0.0115. The molecule has 3 aromatic carbocycles. The Balaban J connectivity index is 1.64. The predicted octanol–water partition coefficient (Wildman–Crippen LogP) is 4.47. The Morgan fingerprint density at radius 1 is 0.909 bits per heavy atom. The molecule has 172 valence electrons. The summed E-state index contributed by atoms with van der Waals surface area (Å²) in [5.74, 6) is 0.779. The van der Waals surface area contributed by atoms with Gasteiger partial charge in [-0.3, -0.25) is 0 Å². The molecule has 0 spiro atoms. The molecular formula is C25H24FNO5S. The van der Waals surface area contributed by atoms with Crippen molar-refractivity contribution in [3.05, 3.63) is 89.2 Å². The van der Waals surface area contributed by atoms with Crippen LogP contribution in [0, 0.1) is 5.82 Å². The highest BCUT2D eigenvalue weighted by molar-refractivity contribution is 7.89. The molecule has 0 saturated carbocycles. The zero-order chi connectivity index (χ0) is 23.4. The van der Waals surface area contributed by atoms with Crippen LogP contribution in [0.2, 0.25) is 0 Å². The minimum atomic E-state index is -3.93. The number of fused-ring (bicyclic) bond motifs is 1. The average Bonchev–Trinajstić information content (AvgIpc) is 3.26. The molecule has 8 heteroatoms. The van der Waals surface area contributed by atoms with Gasteiger partial charge in [0.2, 0.25) is 16.8 Å². The number of carbonyl (C=O) groups is 1. The van der Waals surface area contributed by atoms with Gasteiger partial charge in [0.1, 0.15) is 11.6 Å². The fraction of sp³-hybridized carbons (Fsp3) is 0.240. The molecule has 3 aromatic rings. The molecule has 0 fully saturated rings. The maximum atomic E-state index is 13.5. The number of ketones is 1. The SMILES string of the molecule is CC(=O)CCc1cccc(CN(Cc2ccc3c(c2)OCO3)S(=O)(=O)c2ccc(F)cc2)c1. The second-order valence-electron chi connectivity index (χ2n) is 7.94. The highest BCUT2D eigenvalue weighted by atomic mass is 32.2. The number of hydrogen-bond acceptors (Lipinski definition) is 5. The average molecular weight is 470 g/mol. The first-order valence-corrected chi connectivity index (χ1v) is 12.0. The van der Waals surface area contributed by atoms with Crippen LogP contribution in [0.5, 0.6) is 11.5 Å². The van der Waals surface area contributed by atoms with E-state index < -0.39 is 15.8 Å². The van der Waals surface area contributed by atoms with Crippen LogP contribution in [-0.4, -0.2) is 25.3 Å². The summed E-state index contributed by atoms with van der Waals surface area (Å²) in [6.45, 7) is 1.88. The second-order valence-corrected chi connectivity index (χ2v) is 9.87. The molecule has 1 heterocycles. The van der Waals surface area contributed by atoms with Gasteiger partial charge in [0.05, 0.1) is 4.90 Å². The van der Waals surface area contributed by atoms with Gasteiger partial charge in [0, 0.05) is 19.5 Å². The molecule has 0 atom stereocenters. The number of nitrogens with zero attached hydrogens (tertiary/aromatic N) is 1. The molecular weight excluding hydrogens is 445 g/mol. The molecule has 0 aliphatic carbocycles. The summed E-state index contributed by atoms with van der Waals surface area (Å²) in [6, 6.07) is 17.6. The summed E-state index contributed by atoms with van der Waals surface area (Å²) >= 11 is 0. The highest BCUT2D eigenvalue weighted by Crippen LogP contribution is 2.33. The van der Waals surface area contributed by atoms with Crippen LogP contribution < -0.4 is 9.47 Å². The van der Waals surface area contributed by atoms with Crippen molar-refractivity contribution < 1.29 is 27.1 Å². The third-order valence-electron chi connectivity index (χ3n) is 5.36. The molecule has 0 amide bonds. The maximum absolute atomic E-state index is 13.5. The van der Waals surface area contributed by atoms with E-state index in [0.717, 1.165) is 28.8 Å². The molecule has 1 aliphatic heterocycles. The van der Waals surface area contributed by atoms with Crippen LogP contribution in [-0.2, 0) is 34.3 Å². The largest absolute Gasteiger partial charge is 0.454 e. The number of sulfonamides is 1. The predicted molar refractivity (Wildman–Crippen MR) is 121 cm³/mol. The molecule has 0 unspecified atom stereocenters. The van der Waals surface area contributed by atoms with Crippen molar-refractivity contribution in [1.82, 2.24) is 4.31 Å². The van der Waals surface area contributed by atoms with E-state index in [2.05, 4.69) is 0 Å². The van der Waals surface area contributed by atoms with E-state index in [1.807, 2.05) is 24.3 Å². The van der Waals surface area contributed by atoms with E-state index in [9.17, 15) is 17.6 Å². The zero-order valence-electron chi connectivity index (χ0n) is 18.2. The van der Waals surface area contributed by atoms with E-state index in [1.165, 1.54) is 16.4 Å². The van der Waals surface area contributed by atoms with Gasteiger partial charge in [-0.2, -0.15) is 4.31 Å². The molecule has 1 aliphatic rings. The van der Waals surface area contributed by atoms with E-state index in [-0.39, 0.29) is 30.6 Å². The van der Waals surface area contributed by atoms with Crippen LogP contribution in [0.15, 0.2) is 71.6 Å². The van der Waals surface area contributed by atoms with Gasteiger partial charge in [-0.05, 0) is 66.4 Å². The van der Waals surface area contributed by atoms with Crippen molar-refractivity contribution in [2.45, 2.75) is 37.8 Å². The molecule has 33 heavy (non-hydrogen) atoms. The van der Waals surface area contributed by atoms with Crippen molar-refractivity contribution in [1.29, 1.82) is 0 Å². The first-order valence-electron chi connectivity index (χ1n) is 10.5. The lowest BCUT2D eigenvalue weighted by Crippen LogP contribution is -2.30. The van der Waals surface area contributed by atoms with E-state index in [0.29, 0.717) is 24.3 Å². The maximum Gasteiger partial charge on any atom is 0.243 e. The molecule has 6 nitrogen and oxygen atoms in total. The number of halogens is 1. The number of Topliss-reactive ketones (excluding diaryl/α,β-unsaturated/α-hetero) is 1. The molecule has 4 rings (SSSR count). The van der Waals surface area contributed by atoms with Crippen LogP contribution >= 0.6 is 0 Å². The Bertz CT molecular complexity index is 1260. The minimum Gasteiger partial charge on any atom is -0.454 e. The van der Waals surface area contributed by atoms with Crippen LogP contribution in [0.1, 0.15) is 30.0 Å². The van der Waals surface area contributed by atoms with Gasteiger partial charge >= 0.3 is 0 Å². The lowest BCUT2D eigenvalue weighted by molar-refractivity contribution is -0.116. The summed E-state index contributed by atoms with van der Waals surface area (Å²) in [6.07, 6.45) is 1.02. The van der Waals surface area contributed by atoms with E-state index >= 15 is 0 Å². The summed E-state index contributed by atoms with van der Waals surface area (Å²) in [5.41, 5.74) is 2.49. The molecule has 0 saturated heterocycles. The van der Waals surface area contributed by atoms with Crippen molar-refractivity contribution in [2.75, 3.05) is 6.79 Å². The third-order valence-corrected chi connectivity index (χ3v) is 7.17. The molecule has 0 bridgehead atoms. The summed E-state index contributed by atoms with van der Waals surface area (Å²) in [7, 11) is -3.93. The number of rotatable bonds is 9. The van der Waals surface area contributed by atoms with Crippen molar-refractivity contribution in [2.24, 2.45) is 0 Å². The Kier molecular flexibility index (Phi) is 6.76. The summed E-state index contributed by atoms with van der Waals surface area (Å²) < 4.78 is 52.5. The number of aryl methyl sites for hydroxylation is 1. The third kappa shape index (κ3) is 5.58. The first-order chi connectivity index (χ1) is 15.8. The Morgan fingerprint density at radius 2 is 1.58 bits per heavy atom. The van der Waals surface area contributed by atoms with Gasteiger partial charge < -0.3 is 14.3 Å². The van der Waals surface area contributed by atoms with Gasteiger partial charge in [-0.25, -0.2) is 12.8 Å². The topological polar surface area (TPSA) is 72.9 Å². The Labute approximate surface area is 192 Å². The smallest absolute Gasteiger partial charge is 0.243 e. The van der Waals surface area contributed by atoms with Crippen LogP contribution in [0.3, 0.4) is 0 Å². The molecule has 0 aromatic heterocycles. The zero-order valence-corrected chi connectivity index (χ0v) is 19.0. The fourth-order valence-electron chi connectivity index (χ4n) is 3.63. The van der Waals surface area contributed by atoms with Gasteiger partial charge in [-0.1, -0.05) is 30.3 Å². The van der Waals surface area contributed by atoms with Gasteiger partial charge in [0.25, 0.3) is 0 Å². The Morgan fingerprint density at radius 3 is 2.30 bits per heavy atom. The lowest BCUT2D eigenvalue weighted by atomic mass is 10.1. The monoisotopic (exact) mass is 469 g/mol. The number of hydrogen-bond donors (Lipinski definition) is 0. The normalized spacial score (nSPS) is 12.8. The van der Waals surface area contributed by atoms with Crippen molar-refractivity contribution in [3.63, 3.8) is 0 Å². The van der Waals surface area contributed by atoms with Gasteiger partial charge in [0.15, 0.2) is 11.5 Å². The van der Waals surface area contributed by atoms with E-state index in [4.69, 9.17) is 9.47 Å². The second kappa shape index (κ2) is 9.72. The first kappa shape index (κ1) is 22.9. The van der Waals surface area contributed by atoms with Gasteiger partial charge in [-0.15, -0.1) is 0 Å². The standard InChI is InChI=1S/C25H24FNO5S/c1-18(28)5-6-19-3-2-4-20(13-19)15-27(33(29,30)23-10-8-22(26)9-11-23)16-21-7-12-24-25(14-21)32-17-31-24/h2-4,7-14H,5-6,15-17H2,1H3. The number of carbonyl (C=O) groups excluding carboxylic acids is 1. The highest BCUT2D eigenvalue weighted by Gasteiger charge is 2.26. The fourth-order valence-corrected chi connectivity index (χ4v) is 5.05. The van der Waals surface area contributed by atoms with Crippen LogP contribution in [0.25, 0.3) is 0 Å². The molecule has 0 radical (unpaired) electrons. The van der Waals surface area contributed by atoms with E-state index in [1.54, 1.807) is 25.1 Å². The number of benzene rings is 3. The van der Waals surface area contributed by atoms with Crippen LogP contribution in [0.4, 0.5) is 4.39 Å².